The number of amides is 2. The molecule has 1 aliphatic rings. The molecule has 2 heterocycles. The fourth-order valence-electron chi connectivity index (χ4n) is 1.93. The molecule has 0 bridgehead atoms. The molecule has 0 fully saturated rings. The van der Waals surface area contributed by atoms with Gasteiger partial charge in [-0.2, -0.15) is 0 Å². The van der Waals surface area contributed by atoms with Crippen molar-refractivity contribution in [1.82, 2.24) is 15.2 Å². The van der Waals surface area contributed by atoms with Gasteiger partial charge in [0.2, 0.25) is 0 Å². The number of carbonyl (C=O) groups excluding carboxylic acids is 1. The van der Waals surface area contributed by atoms with Gasteiger partial charge in [0.05, 0.1) is 12.2 Å². The van der Waals surface area contributed by atoms with Gasteiger partial charge in [-0.15, -0.1) is 0 Å². The molecule has 19 heavy (non-hydrogen) atoms. The Hall–Kier alpha value is -2.31. The van der Waals surface area contributed by atoms with Crippen molar-refractivity contribution in [3.8, 4) is 0 Å². The quantitative estimate of drug-likeness (QED) is 0.830. The number of carbonyl (C=O) groups is 2. The predicted octanol–water partition coefficient (Wildman–Crippen LogP) is 0.501. The lowest BCUT2D eigenvalue weighted by atomic mass is 10.1. The summed E-state index contributed by atoms with van der Waals surface area (Å²) in [6, 6.07) is 1.72. The van der Waals surface area contributed by atoms with E-state index in [0.29, 0.717) is 23.6 Å². The first-order valence-electron chi connectivity index (χ1n) is 5.82. The van der Waals surface area contributed by atoms with Crippen LogP contribution in [0.3, 0.4) is 0 Å². The van der Waals surface area contributed by atoms with E-state index in [-0.39, 0.29) is 12.5 Å². The molecule has 7 nitrogen and oxygen atoms in total. The predicted molar refractivity (Wildman–Crippen MR) is 69.2 cm³/mol. The van der Waals surface area contributed by atoms with Gasteiger partial charge in [-0.1, -0.05) is 0 Å². The molecule has 0 unspecified atom stereocenters. The second-order valence-corrected chi connectivity index (χ2v) is 4.67. The summed E-state index contributed by atoms with van der Waals surface area (Å²) < 4.78 is 0. The number of carboxylic acid groups (broad SMARTS) is 1. The van der Waals surface area contributed by atoms with Gasteiger partial charge < -0.3 is 20.2 Å². The van der Waals surface area contributed by atoms with E-state index in [0.717, 1.165) is 10.5 Å². The Kier molecular flexibility index (Phi) is 3.28. The SMILES string of the molecule is CN(Cc1nc(N(C)C)cc2c1CNC2=O)C(=O)O. The minimum absolute atomic E-state index is 0.139. The molecule has 0 aliphatic carbocycles. The molecular formula is C12H16N4O3. The molecule has 0 radical (unpaired) electrons. The molecule has 0 saturated carbocycles. The zero-order valence-corrected chi connectivity index (χ0v) is 11.1. The Morgan fingerprint density at radius 1 is 1.47 bits per heavy atom. The molecule has 1 aromatic rings. The van der Waals surface area contributed by atoms with Crippen LogP contribution in [0.25, 0.3) is 0 Å². The summed E-state index contributed by atoms with van der Waals surface area (Å²) in [5.41, 5.74) is 1.97. The van der Waals surface area contributed by atoms with Gasteiger partial charge in [0, 0.05) is 38.8 Å². The van der Waals surface area contributed by atoms with E-state index in [9.17, 15) is 9.59 Å². The standard InChI is InChI=1S/C12H16N4O3/c1-15(2)10-4-7-8(5-13-11(7)17)9(14-10)6-16(3)12(18)19/h4H,5-6H2,1-3H3,(H,13,17)(H,18,19). The van der Waals surface area contributed by atoms with Crippen LogP contribution in [0.2, 0.25) is 0 Å². The van der Waals surface area contributed by atoms with Gasteiger partial charge in [0.25, 0.3) is 5.91 Å². The lowest BCUT2D eigenvalue weighted by Gasteiger charge is -2.18. The summed E-state index contributed by atoms with van der Waals surface area (Å²) in [5, 5.41) is 11.7. The topological polar surface area (TPSA) is 85.8 Å². The van der Waals surface area contributed by atoms with Gasteiger partial charge in [0.15, 0.2) is 0 Å². The van der Waals surface area contributed by atoms with E-state index in [1.165, 1.54) is 7.05 Å². The average molecular weight is 264 g/mol. The van der Waals surface area contributed by atoms with Crippen LogP contribution in [-0.2, 0) is 13.1 Å². The first-order chi connectivity index (χ1) is 8.90. The Bertz CT molecular complexity index is 542. The minimum atomic E-state index is -1.02. The maximum Gasteiger partial charge on any atom is 0.407 e. The number of nitrogens with one attached hydrogen (secondary N) is 1. The maximum atomic E-state index is 11.7. The number of hydrogen-bond acceptors (Lipinski definition) is 4. The van der Waals surface area contributed by atoms with Crippen LogP contribution in [0.15, 0.2) is 6.07 Å². The number of hydrogen-bond donors (Lipinski definition) is 2. The molecule has 102 valence electrons. The number of fused-ring (bicyclic) bond motifs is 1. The van der Waals surface area contributed by atoms with Crippen molar-refractivity contribution in [3.05, 3.63) is 22.9 Å². The van der Waals surface area contributed by atoms with Crippen molar-refractivity contribution in [3.63, 3.8) is 0 Å². The monoisotopic (exact) mass is 264 g/mol. The number of aromatic nitrogens is 1. The van der Waals surface area contributed by atoms with Crippen LogP contribution in [0, 0.1) is 0 Å². The molecule has 2 N–H and O–H groups in total. The van der Waals surface area contributed by atoms with E-state index in [1.807, 2.05) is 14.1 Å². The summed E-state index contributed by atoms with van der Waals surface area (Å²) in [4.78, 5) is 30.0. The number of pyridine rings is 1. The van der Waals surface area contributed by atoms with Gasteiger partial charge in [0.1, 0.15) is 5.82 Å². The highest BCUT2D eigenvalue weighted by atomic mass is 16.4. The second-order valence-electron chi connectivity index (χ2n) is 4.67. The van der Waals surface area contributed by atoms with Gasteiger partial charge >= 0.3 is 6.09 Å². The van der Waals surface area contributed by atoms with Crippen LogP contribution in [-0.4, -0.2) is 48.1 Å². The van der Waals surface area contributed by atoms with E-state index in [2.05, 4.69) is 10.3 Å². The van der Waals surface area contributed by atoms with Crippen molar-refractivity contribution in [2.75, 3.05) is 26.0 Å². The molecule has 7 heteroatoms. The highest BCUT2D eigenvalue weighted by Gasteiger charge is 2.25. The number of rotatable bonds is 3. The van der Waals surface area contributed by atoms with Gasteiger partial charge in [-0.25, -0.2) is 9.78 Å². The maximum absolute atomic E-state index is 11.7. The number of anilines is 1. The largest absolute Gasteiger partial charge is 0.465 e. The molecule has 0 atom stereocenters. The molecule has 2 rings (SSSR count). The van der Waals surface area contributed by atoms with Crippen molar-refractivity contribution in [1.29, 1.82) is 0 Å². The van der Waals surface area contributed by atoms with Crippen LogP contribution in [0.5, 0.6) is 0 Å². The lowest BCUT2D eigenvalue weighted by molar-refractivity contribution is 0.0965. The second kappa shape index (κ2) is 4.75. The Morgan fingerprint density at radius 3 is 2.74 bits per heavy atom. The molecule has 1 aromatic heterocycles. The highest BCUT2D eigenvalue weighted by molar-refractivity contribution is 5.99. The van der Waals surface area contributed by atoms with E-state index in [1.54, 1.807) is 11.0 Å². The minimum Gasteiger partial charge on any atom is -0.465 e. The van der Waals surface area contributed by atoms with E-state index >= 15 is 0 Å². The third kappa shape index (κ3) is 2.44. The fraction of sp³-hybridized carbons (Fsp3) is 0.417. The first-order valence-corrected chi connectivity index (χ1v) is 5.82. The summed E-state index contributed by atoms with van der Waals surface area (Å²) in [6.45, 7) is 0.561. The zero-order valence-electron chi connectivity index (χ0n) is 11.1. The zero-order chi connectivity index (χ0) is 14.2. The smallest absolute Gasteiger partial charge is 0.407 e. The van der Waals surface area contributed by atoms with Crippen molar-refractivity contribution in [2.24, 2.45) is 0 Å². The van der Waals surface area contributed by atoms with Gasteiger partial charge in [-0.3, -0.25) is 4.79 Å². The summed E-state index contributed by atoms with van der Waals surface area (Å²) in [6.07, 6.45) is -1.02. The third-order valence-electron chi connectivity index (χ3n) is 3.04. The summed E-state index contributed by atoms with van der Waals surface area (Å²) in [5.74, 6) is 0.504. The molecule has 1 aliphatic heterocycles. The highest BCUT2D eigenvalue weighted by Crippen LogP contribution is 2.24. The fourth-order valence-corrected chi connectivity index (χ4v) is 1.93. The average Bonchev–Trinajstić information content (AvgIpc) is 2.71. The Morgan fingerprint density at radius 2 is 2.16 bits per heavy atom. The lowest BCUT2D eigenvalue weighted by Crippen LogP contribution is -2.26. The normalized spacial score (nSPS) is 12.9. The molecule has 2 amide bonds. The van der Waals surface area contributed by atoms with Crippen LogP contribution in [0.1, 0.15) is 21.6 Å². The Balaban J connectivity index is 2.44. The number of nitrogens with zero attached hydrogens (tertiary/aromatic N) is 3. The Labute approximate surface area is 110 Å². The molecule has 0 saturated heterocycles. The molecular weight excluding hydrogens is 248 g/mol. The first kappa shape index (κ1) is 13.1. The third-order valence-corrected chi connectivity index (χ3v) is 3.04. The van der Waals surface area contributed by atoms with Crippen LogP contribution < -0.4 is 10.2 Å². The van der Waals surface area contributed by atoms with Crippen LogP contribution >= 0.6 is 0 Å². The van der Waals surface area contributed by atoms with Crippen molar-refractivity contribution >= 4 is 17.8 Å². The summed E-state index contributed by atoms with van der Waals surface area (Å²) in [7, 11) is 5.13. The molecule has 0 spiro atoms. The van der Waals surface area contributed by atoms with E-state index in [4.69, 9.17) is 5.11 Å². The van der Waals surface area contributed by atoms with Crippen LogP contribution in [0.4, 0.5) is 10.6 Å². The summed E-state index contributed by atoms with van der Waals surface area (Å²) >= 11 is 0. The van der Waals surface area contributed by atoms with E-state index < -0.39 is 6.09 Å². The molecule has 0 aromatic carbocycles. The van der Waals surface area contributed by atoms with Crippen molar-refractivity contribution in [2.45, 2.75) is 13.1 Å². The van der Waals surface area contributed by atoms with Crippen molar-refractivity contribution < 1.29 is 14.7 Å². The van der Waals surface area contributed by atoms with Gasteiger partial charge in [-0.05, 0) is 6.07 Å².